The van der Waals surface area contributed by atoms with Crippen LogP contribution in [0.2, 0.25) is 5.15 Å². The Morgan fingerprint density at radius 1 is 1.28 bits per heavy atom. The lowest BCUT2D eigenvalue weighted by Gasteiger charge is -2.28. The van der Waals surface area contributed by atoms with Gasteiger partial charge < -0.3 is 19.7 Å². The number of halogens is 1. The van der Waals surface area contributed by atoms with E-state index >= 15 is 0 Å². The van der Waals surface area contributed by atoms with Gasteiger partial charge >= 0.3 is 6.03 Å². The SMILES string of the molecule is Cc1nc2n(c1C(=O)N(C)C)CCN(C(=O)Nc1ccc(Cl)nc1)C2. The molecule has 1 N–H and O–H groups in total. The van der Waals surface area contributed by atoms with Crippen LogP contribution in [0.4, 0.5) is 10.5 Å². The molecule has 1 aliphatic heterocycles. The van der Waals surface area contributed by atoms with Crippen molar-refractivity contribution in [2.45, 2.75) is 20.0 Å². The van der Waals surface area contributed by atoms with Gasteiger partial charge in [0.1, 0.15) is 16.7 Å². The highest BCUT2D eigenvalue weighted by Gasteiger charge is 2.28. The zero-order valence-corrected chi connectivity index (χ0v) is 15.0. The van der Waals surface area contributed by atoms with Gasteiger partial charge in [0.2, 0.25) is 0 Å². The molecule has 2 aromatic rings. The van der Waals surface area contributed by atoms with Crippen molar-refractivity contribution < 1.29 is 9.59 Å². The number of nitrogens with zero attached hydrogens (tertiary/aromatic N) is 5. The van der Waals surface area contributed by atoms with Crippen molar-refractivity contribution in [3.63, 3.8) is 0 Å². The van der Waals surface area contributed by atoms with Gasteiger partial charge in [-0.25, -0.2) is 14.8 Å². The molecule has 9 heteroatoms. The number of rotatable bonds is 2. The van der Waals surface area contributed by atoms with E-state index in [0.717, 1.165) is 0 Å². The van der Waals surface area contributed by atoms with Gasteiger partial charge in [-0.1, -0.05) is 11.6 Å². The molecule has 0 spiro atoms. The number of hydrogen-bond acceptors (Lipinski definition) is 4. The molecule has 0 aliphatic carbocycles. The van der Waals surface area contributed by atoms with Crippen LogP contribution in [0.1, 0.15) is 22.0 Å². The Labute approximate surface area is 150 Å². The van der Waals surface area contributed by atoms with Crippen LogP contribution in [-0.2, 0) is 13.1 Å². The van der Waals surface area contributed by atoms with E-state index in [1.54, 1.807) is 31.1 Å². The number of hydrogen-bond donors (Lipinski definition) is 1. The Morgan fingerprint density at radius 3 is 2.68 bits per heavy atom. The standard InChI is InChI=1S/C16H19ClN6O2/c1-10-14(15(24)21(2)3)23-7-6-22(9-13(23)19-10)16(25)20-11-4-5-12(17)18-8-11/h4-5,8H,6-7,9H2,1-3H3,(H,20,25). The molecule has 0 aromatic carbocycles. The number of anilines is 1. The van der Waals surface area contributed by atoms with Crippen LogP contribution in [0.3, 0.4) is 0 Å². The normalized spacial score (nSPS) is 13.4. The number of pyridine rings is 1. The number of carbonyl (C=O) groups excluding carboxylic acids is 2. The average Bonchev–Trinajstić information content (AvgIpc) is 2.90. The second-order valence-corrected chi connectivity index (χ2v) is 6.42. The maximum atomic E-state index is 12.4. The molecule has 0 unspecified atom stereocenters. The number of carbonyl (C=O) groups is 2. The first kappa shape index (κ1) is 17.2. The number of aromatic nitrogens is 3. The Bertz CT molecular complexity index is 815. The molecule has 0 radical (unpaired) electrons. The molecule has 0 saturated heterocycles. The zero-order chi connectivity index (χ0) is 18.1. The van der Waals surface area contributed by atoms with Crippen LogP contribution in [-0.4, -0.2) is 56.9 Å². The summed E-state index contributed by atoms with van der Waals surface area (Å²) >= 11 is 5.74. The molecule has 2 aromatic heterocycles. The molecule has 3 heterocycles. The third kappa shape index (κ3) is 3.43. The average molecular weight is 363 g/mol. The summed E-state index contributed by atoms with van der Waals surface area (Å²) < 4.78 is 1.89. The summed E-state index contributed by atoms with van der Waals surface area (Å²) in [5, 5.41) is 3.15. The summed E-state index contributed by atoms with van der Waals surface area (Å²) in [6, 6.07) is 3.06. The molecule has 0 fully saturated rings. The van der Waals surface area contributed by atoms with Crippen LogP contribution in [0.15, 0.2) is 18.3 Å². The van der Waals surface area contributed by atoms with E-state index in [4.69, 9.17) is 11.6 Å². The first-order valence-corrected chi connectivity index (χ1v) is 8.19. The molecule has 25 heavy (non-hydrogen) atoms. The molecular formula is C16H19ClN6O2. The topological polar surface area (TPSA) is 83.4 Å². The quantitative estimate of drug-likeness (QED) is 0.828. The van der Waals surface area contributed by atoms with Gasteiger partial charge in [0, 0.05) is 27.2 Å². The van der Waals surface area contributed by atoms with Gasteiger partial charge in [-0.2, -0.15) is 0 Å². The molecule has 3 rings (SSSR count). The van der Waals surface area contributed by atoms with E-state index in [9.17, 15) is 9.59 Å². The second-order valence-electron chi connectivity index (χ2n) is 6.03. The summed E-state index contributed by atoms with van der Waals surface area (Å²) in [4.78, 5) is 36.4. The van der Waals surface area contributed by atoms with Crippen molar-refractivity contribution in [1.82, 2.24) is 24.3 Å². The van der Waals surface area contributed by atoms with Crippen LogP contribution < -0.4 is 5.32 Å². The van der Waals surface area contributed by atoms with Crippen molar-refractivity contribution >= 4 is 29.2 Å². The van der Waals surface area contributed by atoms with Crippen LogP contribution in [0, 0.1) is 6.92 Å². The monoisotopic (exact) mass is 362 g/mol. The Kier molecular flexibility index (Phi) is 4.63. The minimum Gasteiger partial charge on any atom is -0.343 e. The molecule has 1 aliphatic rings. The fourth-order valence-corrected chi connectivity index (χ4v) is 2.88. The van der Waals surface area contributed by atoms with Crippen molar-refractivity contribution in [1.29, 1.82) is 0 Å². The number of amides is 3. The van der Waals surface area contributed by atoms with Gasteiger partial charge in [-0.3, -0.25) is 4.79 Å². The third-order valence-corrected chi connectivity index (χ3v) is 4.24. The molecule has 0 bridgehead atoms. The number of urea groups is 1. The van der Waals surface area contributed by atoms with Crippen LogP contribution in [0.25, 0.3) is 0 Å². The minimum absolute atomic E-state index is 0.0820. The molecular weight excluding hydrogens is 344 g/mol. The zero-order valence-electron chi connectivity index (χ0n) is 14.3. The second kappa shape index (κ2) is 6.72. The fourth-order valence-electron chi connectivity index (χ4n) is 2.77. The lowest BCUT2D eigenvalue weighted by Crippen LogP contribution is -2.41. The van der Waals surface area contributed by atoms with Gasteiger partial charge in [-0.15, -0.1) is 0 Å². The number of fused-ring (bicyclic) bond motifs is 1. The molecule has 0 atom stereocenters. The molecule has 8 nitrogen and oxygen atoms in total. The lowest BCUT2D eigenvalue weighted by molar-refractivity contribution is 0.0813. The van der Waals surface area contributed by atoms with Gasteiger partial charge in [-0.05, 0) is 19.1 Å². The summed E-state index contributed by atoms with van der Waals surface area (Å²) in [6.45, 7) is 3.17. The Balaban J connectivity index is 1.75. The van der Waals surface area contributed by atoms with Crippen molar-refractivity contribution in [3.8, 4) is 0 Å². The summed E-state index contributed by atoms with van der Waals surface area (Å²) in [5.74, 6) is 0.625. The van der Waals surface area contributed by atoms with Crippen molar-refractivity contribution in [2.24, 2.45) is 0 Å². The highest BCUT2D eigenvalue weighted by Crippen LogP contribution is 2.20. The Morgan fingerprint density at radius 2 is 2.04 bits per heavy atom. The summed E-state index contributed by atoms with van der Waals surface area (Å²) in [5.41, 5.74) is 1.84. The smallest absolute Gasteiger partial charge is 0.322 e. The predicted octanol–water partition coefficient (Wildman–Crippen LogP) is 1.99. The third-order valence-electron chi connectivity index (χ3n) is 4.02. The molecule has 132 valence electrons. The van der Waals surface area contributed by atoms with E-state index < -0.39 is 0 Å². The highest BCUT2D eigenvalue weighted by atomic mass is 35.5. The largest absolute Gasteiger partial charge is 0.343 e. The maximum Gasteiger partial charge on any atom is 0.322 e. The van der Waals surface area contributed by atoms with Crippen molar-refractivity contribution in [3.05, 3.63) is 40.7 Å². The number of aryl methyl sites for hydroxylation is 1. The molecule has 0 saturated carbocycles. The van der Waals surface area contributed by atoms with Crippen molar-refractivity contribution in [2.75, 3.05) is 26.0 Å². The van der Waals surface area contributed by atoms with Gasteiger partial charge in [0.25, 0.3) is 5.91 Å². The van der Waals surface area contributed by atoms with Crippen LogP contribution in [0.5, 0.6) is 0 Å². The summed E-state index contributed by atoms with van der Waals surface area (Å²) in [7, 11) is 3.43. The van der Waals surface area contributed by atoms with E-state index in [-0.39, 0.29) is 11.9 Å². The first-order chi connectivity index (χ1) is 11.9. The van der Waals surface area contributed by atoms with Crippen LogP contribution >= 0.6 is 11.6 Å². The highest BCUT2D eigenvalue weighted by molar-refractivity contribution is 6.29. The Hall–Kier alpha value is -2.61. The van der Waals surface area contributed by atoms with E-state index in [1.807, 2.05) is 11.5 Å². The van der Waals surface area contributed by atoms with E-state index in [0.29, 0.717) is 47.7 Å². The first-order valence-electron chi connectivity index (χ1n) is 7.82. The number of nitrogens with one attached hydrogen (secondary N) is 1. The van der Waals surface area contributed by atoms with E-state index in [1.165, 1.54) is 11.1 Å². The molecule has 3 amide bonds. The van der Waals surface area contributed by atoms with E-state index in [2.05, 4.69) is 15.3 Å². The maximum absolute atomic E-state index is 12.4. The predicted molar refractivity (Wildman–Crippen MR) is 93.7 cm³/mol. The van der Waals surface area contributed by atoms with Gasteiger partial charge in [0.05, 0.1) is 24.1 Å². The minimum atomic E-state index is -0.239. The lowest BCUT2D eigenvalue weighted by atomic mass is 10.3. The number of imidazole rings is 1. The fraction of sp³-hybridized carbons (Fsp3) is 0.375. The van der Waals surface area contributed by atoms with Gasteiger partial charge in [0.15, 0.2) is 0 Å². The summed E-state index contributed by atoms with van der Waals surface area (Å²) in [6.07, 6.45) is 1.50.